The van der Waals surface area contributed by atoms with Gasteiger partial charge in [0.15, 0.2) is 0 Å². The molecule has 5 nitrogen and oxygen atoms in total. The molecular formula is C37H30NO4S-. The fraction of sp³-hybridized carbons (Fsp3) is 0.135. The van der Waals surface area contributed by atoms with Gasteiger partial charge in [-0.2, -0.15) is 0 Å². The van der Waals surface area contributed by atoms with Crippen molar-refractivity contribution in [2.24, 2.45) is 0 Å². The van der Waals surface area contributed by atoms with Crippen molar-refractivity contribution in [1.29, 1.82) is 0 Å². The summed E-state index contributed by atoms with van der Waals surface area (Å²) in [6.07, 6.45) is -0.790. The summed E-state index contributed by atoms with van der Waals surface area (Å²) < 4.78 is 4.92. The Bertz CT molecular complexity index is 1570. The highest BCUT2D eigenvalue weighted by atomic mass is 32.2. The van der Waals surface area contributed by atoms with Crippen LogP contribution in [0.2, 0.25) is 0 Å². The molecule has 1 aliphatic carbocycles. The van der Waals surface area contributed by atoms with E-state index in [0.29, 0.717) is 0 Å². The number of carboxylic acid groups (broad SMARTS) is 1. The molecule has 0 heterocycles. The zero-order valence-electron chi connectivity index (χ0n) is 23.4. The maximum atomic E-state index is 13.0. The average Bonchev–Trinajstić information content (AvgIpc) is 3.38. The van der Waals surface area contributed by atoms with Crippen molar-refractivity contribution < 1.29 is 19.4 Å². The van der Waals surface area contributed by atoms with Crippen LogP contribution in [0.25, 0.3) is 11.1 Å². The molecule has 1 atom stereocenters. The Labute approximate surface area is 255 Å². The van der Waals surface area contributed by atoms with Crippen molar-refractivity contribution in [3.63, 3.8) is 0 Å². The van der Waals surface area contributed by atoms with Gasteiger partial charge in [-0.25, -0.2) is 4.79 Å². The standard InChI is InChI=1S/C37H31NO4S/c39-35(40)34(38-36(41)42-24-33-31-22-12-10-20-29(31)30-21-11-13-23-32(30)33)25-43-37(26-14-4-1-5-15-26,27-16-6-2-7-17-27)28-18-8-3-9-19-28/h1-23,33-34H,24-25H2,(H,38,41)(H,39,40)/p-1/t34-/m0/s1. The Balaban J connectivity index is 1.23. The molecule has 0 saturated carbocycles. The number of nitrogens with one attached hydrogen (secondary N) is 1. The van der Waals surface area contributed by atoms with Crippen LogP contribution in [0.1, 0.15) is 33.7 Å². The lowest BCUT2D eigenvalue weighted by Crippen LogP contribution is -2.50. The Morgan fingerprint density at radius 2 is 1.09 bits per heavy atom. The predicted molar refractivity (Wildman–Crippen MR) is 169 cm³/mol. The van der Waals surface area contributed by atoms with Gasteiger partial charge in [-0.05, 0) is 38.9 Å². The first-order chi connectivity index (χ1) is 21.1. The molecule has 1 amide bonds. The van der Waals surface area contributed by atoms with Crippen molar-refractivity contribution in [3.8, 4) is 11.1 Å². The molecule has 0 saturated heterocycles. The third-order valence-corrected chi connectivity index (χ3v) is 9.57. The van der Waals surface area contributed by atoms with Crippen molar-refractivity contribution in [2.45, 2.75) is 16.7 Å². The Hall–Kier alpha value is -4.81. The van der Waals surface area contributed by atoms with Gasteiger partial charge in [0.2, 0.25) is 0 Å². The number of carbonyl (C=O) groups excluding carboxylic acids is 2. The highest BCUT2D eigenvalue weighted by Gasteiger charge is 2.38. The van der Waals surface area contributed by atoms with E-state index in [1.807, 2.05) is 127 Å². The number of aliphatic carboxylic acids is 1. The molecule has 0 bridgehead atoms. The number of alkyl carbamates (subject to hydrolysis) is 1. The minimum absolute atomic E-state index is 0.0468. The Morgan fingerprint density at radius 3 is 1.53 bits per heavy atom. The third-order valence-electron chi connectivity index (χ3n) is 7.93. The van der Waals surface area contributed by atoms with E-state index in [1.165, 1.54) is 11.8 Å². The second-order valence-electron chi connectivity index (χ2n) is 10.4. The molecule has 214 valence electrons. The number of thioether (sulfide) groups is 1. The summed E-state index contributed by atoms with van der Waals surface area (Å²) in [7, 11) is 0. The van der Waals surface area contributed by atoms with Gasteiger partial charge in [-0.3, -0.25) is 0 Å². The molecule has 1 N–H and O–H groups in total. The Morgan fingerprint density at radius 1 is 0.674 bits per heavy atom. The minimum atomic E-state index is -1.37. The van der Waals surface area contributed by atoms with Crippen molar-refractivity contribution in [2.75, 3.05) is 12.4 Å². The third kappa shape index (κ3) is 5.66. The van der Waals surface area contributed by atoms with E-state index in [-0.39, 0.29) is 18.3 Å². The van der Waals surface area contributed by atoms with Gasteiger partial charge >= 0.3 is 6.09 Å². The van der Waals surface area contributed by atoms with Crippen LogP contribution >= 0.6 is 11.8 Å². The maximum absolute atomic E-state index is 13.0. The zero-order chi connectivity index (χ0) is 29.6. The minimum Gasteiger partial charge on any atom is -0.548 e. The topological polar surface area (TPSA) is 78.5 Å². The smallest absolute Gasteiger partial charge is 0.407 e. The first kappa shape index (κ1) is 28.3. The number of carboxylic acids is 1. The van der Waals surface area contributed by atoms with Crippen LogP contribution in [0, 0.1) is 0 Å². The largest absolute Gasteiger partial charge is 0.548 e. The number of fused-ring (bicyclic) bond motifs is 3. The van der Waals surface area contributed by atoms with Crippen LogP contribution in [-0.2, 0) is 14.3 Å². The molecular weight excluding hydrogens is 554 g/mol. The van der Waals surface area contributed by atoms with Crippen LogP contribution in [0.5, 0.6) is 0 Å². The van der Waals surface area contributed by atoms with Crippen LogP contribution < -0.4 is 10.4 Å². The molecule has 0 radical (unpaired) electrons. The van der Waals surface area contributed by atoms with E-state index in [9.17, 15) is 14.7 Å². The monoisotopic (exact) mass is 584 g/mol. The summed E-state index contributed by atoms with van der Waals surface area (Å²) in [5, 5.41) is 14.9. The summed E-state index contributed by atoms with van der Waals surface area (Å²) in [5.41, 5.74) is 7.40. The molecule has 5 aromatic carbocycles. The second-order valence-corrected chi connectivity index (χ2v) is 11.7. The van der Waals surface area contributed by atoms with Crippen molar-refractivity contribution in [3.05, 3.63) is 167 Å². The predicted octanol–water partition coefficient (Wildman–Crippen LogP) is 6.37. The van der Waals surface area contributed by atoms with E-state index in [0.717, 1.165) is 38.9 Å². The molecule has 6 heteroatoms. The first-order valence-electron chi connectivity index (χ1n) is 14.2. The lowest BCUT2D eigenvalue weighted by Gasteiger charge is -2.36. The summed E-state index contributed by atoms with van der Waals surface area (Å²) >= 11 is 1.44. The van der Waals surface area contributed by atoms with Gasteiger partial charge in [-0.15, -0.1) is 11.8 Å². The lowest BCUT2D eigenvalue weighted by atomic mass is 9.84. The number of benzene rings is 5. The number of hydrogen-bond acceptors (Lipinski definition) is 5. The first-order valence-corrected chi connectivity index (χ1v) is 15.2. The summed E-state index contributed by atoms with van der Waals surface area (Å²) in [6.45, 7) is 0.0920. The lowest BCUT2D eigenvalue weighted by molar-refractivity contribution is -0.307. The molecule has 5 aromatic rings. The normalized spacial score (nSPS) is 13.0. The van der Waals surface area contributed by atoms with E-state index in [1.54, 1.807) is 0 Å². The summed E-state index contributed by atoms with van der Waals surface area (Å²) in [5.74, 6) is -1.45. The fourth-order valence-corrected chi connectivity index (χ4v) is 7.47. The fourth-order valence-electron chi connectivity index (χ4n) is 5.93. The molecule has 0 aromatic heterocycles. The quantitative estimate of drug-likeness (QED) is 0.193. The van der Waals surface area contributed by atoms with Crippen LogP contribution in [0.15, 0.2) is 140 Å². The molecule has 0 fully saturated rings. The summed E-state index contributed by atoms with van der Waals surface area (Å²) in [6, 6.07) is 44.8. The second kappa shape index (κ2) is 12.6. The highest BCUT2D eigenvalue weighted by molar-refractivity contribution is 8.00. The maximum Gasteiger partial charge on any atom is 0.407 e. The van der Waals surface area contributed by atoms with Gasteiger partial charge in [-0.1, -0.05) is 140 Å². The van der Waals surface area contributed by atoms with Gasteiger partial charge in [0.25, 0.3) is 0 Å². The molecule has 0 spiro atoms. The summed E-state index contributed by atoms with van der Waals surface area (Å²) in [4.78, 5) is 25.4. The zero-order valence-corrected chi connectivity index (χ0v) is 24.2. The van der Waals surface area contributed by atoms with E-state index in [2.05, 4.69) is 17.4 Å². The molecule has 0 unspecified atom stereocenters. The Kier molecular flexibility index (Phi) is 8.29. The van der Waals surface area contributed by atoms with Crippen molar-refractivity contribution in [1.82, 2.24) is 5.32 Å². The van der Waals surface area contributed by atoms with Crippen molar-refractivity contribution >= 4 is 23.8 Å². The van der Waals surface area contributed by atoms with E-state index >= 15 is 0 Å². The van der Waals surface area contributed by atoms with Gasteiger partial charge < -0.3 is 20.0 Å². The number of hydrogen-bond donors (Lipinski definition) is 1. The molecule has 6 rings (SSSR count). The van der Waals surface area contributed by atoms with E-state index in [4.69, 9.17) is 4.74 Å². The molecule has 1 aliphatic rings. The number of amides is 1. The van der Waals surface area contributed by atoms with Gasteiger partial charge in [0.05, 0.1) is 16.8 Å². The average molecular weight is 585 g/mol. The van der Waals surface area contributed by atoms with E-state index < -0.39 is 22.9 Å². The number of rotatable bonds is 10. The van der Waals surface area contributed by atoms with Gasteiger partial charge in [0, 0.05) is 11.7 Å². The van der Waals surface area contributed by atoms with Crippen LogP contribution in [-0.4, -0.2) is 30.5 Å². The van der Waals surface area contributed by atoms with Crippen LogP contribution in [0.3, 0.4) is 0 Å². The number of ether oxygens (including phenoxy) is 1. The SMILES string of the molecule is O=C(N[C@@H](CSC(c1ccccc1)(c1ccccc1)c1ccccc1)C(=O)[O-])OCC1c2ccccc2-c2ccccc21. The van der Waals surface area contributed by atoms with Gasteiger partial charge in [0.1, 0.15) is 6.61 Å². The molecule has 43 heavy (non-hydrogen) atoms. The number of carbonyl (C=O) groups is 2. The van der Waals surface area contributed by atoms with Crippen LogP contribution in [0.4, 0.5) is 4.79 Å². The molecule has 0 aliphatic heterocycles. The highest BCUT2D eigenvalue weighted by Crippen LogP contribution is 2.49.